The maximum atomic E-state index is 6.67. The molecule has 0 radical (unpaired) electrons. The Balaban J connectivity index is 2.00. The van der Waals surface area contributed by atoms with Crippen LogP contribution in [0, 0.1) is 11.8 Å². The van der Waals surface area contributed by atoms with Gasteiger partial charge in [-0.2, -0.15) is 0 Å². The van der Waals surface area contributed by atoms with Crippen molar-refractivity contribution < 1.29 is 4.74 Å². The largest absolute Gasteiger partial charge is 0.366 e. The number of nitrogens with one attached hydrogen (secondary N) is 1. The van der Waals surface area contributed by atoms with Crippen LogP contribution in [-0.4, -0.2) is 24.3 Å². The normalized spacial score (nSPS) is 36.2. The summed E-state index contributed by atoms with van der Waals surface area (Å²) >= 11 is 0. The van der Waals surface area contributed by atoms with Gasteiger partial charge >= 0.3 is 0 Å². The van der Waals surface area contributed by atoms with Crippen molar-refractivity contribution in [3.63, 3.8) is 0 Å². The molecule has 0 aromatic rings. The third-order valence-corrected chi connectivity index (χ3v) is 5.50. The van der Waals surface area contributed by atoms with Crippen molar-refractivity contribution in [3.05, 3.63) is 0 Å². The van der Waals surface area contributed by atoms with Crippen molar-refractivity contribution in [1.29, 1.82) is 0 Å². The van der Waals surface area contributed by atoms with Crippen LogP contribution in [0.3, 0.4) is 0 Å². The molecule has 106 valence electrons. The Bertz CT molecular complexity index is 262. The number of hydrogen-bond donors (Lipinski definition) is 1. The van der Waals surface area contributed by atoms with Gasteiger partial charge in [-0.05, 0) is 50.4 Å². The van der Waals surface area contributed by atoms with Crippen LogP contribution in [0.15, 0.2) is 0 Å². The fourth-order valence-electron chi connectivity index (χ4n) is 3.81. The van der Waals surface area contributed by atoms with Crippen molar-refractivity contribution in [2.45, 2.75) is 77.4 Å². The molecule has 1 heterocycles. The maximum Gasteiger partial charge on any atom is 0.0814 e. The summed E-state index contributed by atoms with van der Waals surface area (Å²) in [7, 11) is 0. The van der Waals surface area contributed by atoms with Crippen LogP contribution in [0.2, 0.25) is 0 Å². The Kier molecular flexibility index (Phi) is 4.38. The molecule has 2 fully saturated rings. The van der Waals surface area contributed by atoms with E-state index in [0.717, 1.165) is 37.8 Å². The summed E-state index contributed by atoms with van der Waals surface area (Å²) in [4.78, 5) is 0. The van der Waals surface area contributed by atoms with Crippen LogP contribution in [-0.2, 0) is 4.74 Å². The van der Waals surface area contributed by atoms with E-state index < -0.39 is 0 Å². The van der Waals surface area contributed by atoms with Gasteiger partial charge in [-0.1, -0.05) is 27.7 Å². The van der Waals surface area contributed by atoms with Crippen LogP contribution in [0.25, 0.3) is 0 Å². The molecular formula is C16H31NO. The zero-order valence-corrected chi connectivity index (χ0v) is 12.7. The first-order chi connectivity index (χ1) is 8.55. The molecule has 2 heteroatoms. The summed E-state index contributed by atoms with van der Waals surface area (Å²) in [6.07, 6.45) is 7.47. The Morgan fingerprint density at radius 2 is 1.72 bits per heavy atom. The summed E-state index contributed by atoms with van der Waals surface area (Å²) in [6.45, 7) is 11.4. The van der Waals surface area contributed by atoms with Gasteiger partial charge in [-0.3, -0.25) is 0 Å². The van der Waals surface area contributed by atoms with E-state index in [0.29, 0.717) is 0 Å². The van der Waals surface area contributed by atoms with Gasteiger partial charge in [0.05, 0.1) is 11.2 Å². The Morgan fingerprint density at radius 3 is 2.22 bits per heavy atom. The summed E-state index contributed by atoms with van der Waals surface area (Å²) in [6, 6.07) is 0. The average Bonchev–Trinajstić information content (AvgIpc) is 2.39. The van der Waals surface area contributed by atoms with E-state index in [2.05, 4.69) is 33.0 Å². The van der Waals surface area contributed by atoms with Crippen molar-refractivity contribution in [3.8, 4) is 0 Å². The number of rotatable bonds is 3. The van der Waals surface area contributed by atoms with Crippen LogP contribution in [0.4, 0.5) is 0 Å². The first-order valence-electron chi connectivity index (χ1n) is 7.96. The molecule has 1 aliphatic carbocycles. The Labute approximate surface area is 113 Å². The van der Waals surface area contributed by atoms with Gasteiger partial charge in [0, 0.05) is 13.1 Å². The quantitative estimate of drug-likeness (QED) is 0.827. The molecule has 0 atom stereocenters. The fourth-order valence-corrected chi connectivity index (χ4v) is 3.81. The van der Waals surface area contributed by atoms with Crippen LogP contribution in [0.5, 0.6) is 0 Å². The van der Waals surface area contributed by atoms with Crippen molar-refractivity contribution >= 4 is 0 Å². The molecule has 1 aliphatic heterocycles. The van der Waals surface area contributed by atoms with Crippen molar-refractivity contribution in [2.24, 2.45) is 11.8 Å². The number of hydrogen-bond acceptors (Lipinski definition) is 2. The van der Waals surface area contributed by atoms with Gasteiger partial charge in [0.25, 0.3) is 0 Å². The molecule has 0 bridgehead atoms. The van der Waals surface area contributed by atoms with Gasteiger partial charge in [-0.25, -0.2) is 0 Å². The standard InChI is InChI=1S/C16H31NO/c1-5-15(6-2)11-17-12-16(18-15)9-7-14(8-10-16)13(3)4/h13-14,17H,5-12H2,1-4H3. The smallest absolute Gasteiger partial charge is 0.0814 e. The number of morpholine rings is 1. The van der Waals surface area contributed by atoms with Gasteiger partial charge in [0.2, 0.25) is 0 Å². The zero-order chi connectivity index (χ0) is 13.2. The van der Waals surface area contributed by atoms with E-state index in [-0.39, 0.29) is 11.2 Å². The van der Waals surface area contributed by atoms with Gasteiger partial charge < -0.3 is 10.1 Å². The molecule has 0 unspecified atom stereocenters. The molecule has 0 aromatic carbocycles. The predicted octanol–water partition coefficient (Wildman–Crippen LogP) is 3.75. The molecule has 2 rings (SSSR count). The summed E-state index contributed by atoms with van der Waals surface area (Å²) < 4.78 is 6.67. The lowest BCUT2D eigenvalue weighted by Crippen LogP contribution is -2.61. The molecule has 1 saturated heterocycles. The second-order valence-electron chi connectivity index (χ2n) is 6.86. The van der Waals surface area contributed by atoms with E-state index >= 15 is 0 Å². The second-order valence-corrected chi connectivity index (χ2v) is 6.86. The van der Waals surface area contributed by atoms with E-state index in [9.17, 15) is 0 Å². The van der Waals surface area contributed by atoms with Gasteiger partial charge in [0.1, 0.15) is 0 Å². The third-order valence-electron chi connectivity index (χ3n) is 5.50. The highest BCUT2D eigenvalue weighted by atomic mass is 16.5. The summed E-state index contributed by atoms with van der Waals surface area (Å²) in [5.41, 5.74) is 0.249. The highest BCUT2D eigenvalue weighted by Gasteiger charge is 2.45. The SMILES string of the molecule is CCC1(CC)CNCC2(CCC(C(C)C)CC2)O1. The minimum Gasteiger partial charge on any atom is -0.366 e. The lowest BCUT2D eigenvalue weighted by molar-refractivity contribution is -0.198. The van der Waals surface area contributed by atoms with Crippen LogP contribution >= 0.6 is 0 Å². The molecule has 2 aliphatic rings. The van der Waals surface area contributed by atoms with E-state index in [1.54, 1.807) is 0 Å². The van der Waals surface area contributed by atoms with Crippen LogP contribution < -0.4 is 5.32 Å². The fraction of sp³-hybridized carbons (Fsp3) is 1.00. The molecule has 18 heavy (non-hydrogen) atoms. The lowest BCUT2D eigenvalue weighted by atomic mass is 9.73. The monoisotopic (exact) mass is 253 g/mol. The highest BCUT2D eigenvalue weighted by molar-refractivity contribution is 4.98. The predicted molar refractivity (Wildman–Crippen MR) is 76.8 cm³/mol. The topological polar surface area (TPSA) is 21.3 Å². The molecule has 0 amide bonds. The van der Waals surface area contributed by atoms with E-state index in [4.69, 9.17) is 4.74 Å². The molecule has 1 spiro atoms. The summed E-state index contributed by atoms with van der Waals surface area (Å²) in [5, 5.41) is 3.66. The van der Waals surface area contributed by atoms with Crippen LogP contribution in [0.1, 0.15) is 66.2 Å². The average molecular weight is 253 g/mol. The zero-order valence-electron chi connectivity index (χ0n) is 12.7. The Hall–Kier alpha value is -0.0800. The Morgan fingerprint density at radius 1 is 1.11 bits per heavy atom. The van der Waals surface area contributed by atoms with Gasteiger partial charge in [0.15, 0.2) is 0 Å². The highest BCUT2D eigenvalue weighted by Crippen LogP contribution is 2.42. The number of ether oxygens (including phenoxy) is 1. The minimum absolute atomic E-state index is 0.100. The lowest BCUT2D eigenvalue weighted by Gasteiger charge is -2.51. The molecule has 2 nitrogen and oxygen atoms in total. The molecule has 0 aromatic heterocycles. The maximum absolute atomic E-state index is 6.67. The molecule has 1 N–H and O–H groups in total. The van der Waals surface area contributed by atoms with Crippen molar-refractivity contribution in [2.75, 3.05) is 13.1 Å². The van der Waals surface area contributed by atoms with E-state index in [1.165, 1.54) is 25.7 Å². The third kappa shape index (κ3) is 2.75. The molecular weight excluding hydrogens is 222 g/mol. The van der Waals surface area contributed by atoms with Gasteiger partial charge in [-0.15, -0.1) is 0 Å². The first kappa shape index (κ1) is 14.3. The summed E-state index contributed by atoms with van der Waals surface area (Å²) in [5.74, 6) is 1.75. The first-order valence-corrected chi connectivity index (χ1v) is 7.96. The molecule has 1 saturated carbocycles. The van der Waals surface area contributed by atoms with E-state index in [1.807, 2.05) is 0 Å². The van der Waals surface area contributed by atoms with Crippen molar-refractivity contribution in [1.82, 2.24) is 5.32 Å². The second kappa shape index (κ2) is 5.50. The minimum atomic E-state index is 0.100.